The van der Waals surface area contributed by atoms with Crippen LogP contribution in [0.3, 0.4) is 0 Å². The number of rotatable bonds is 5. The van der Waals surface area contributed by atoms with Crippen molar-refractivity contribution in [1.82, 2.24) is 9.55 Å². The molecule has 3 heterocycles. The Bertz CT molecular complexity index is 1260. The molecule has 3 aromatic rings. The van der Waals surface area contributed by atoms with Gasteiger partial charge in [0.05, 0.1) is 16.7 Å². The maximum absolute atomic E-state index is 13.7. The highest BCUT2D eigenvalue weighted by Gasteiger charge is 2.34. The molecule has 0 spiro atoms. The normalized spacial score (nSPS) is 22.6. The summed E-state index contributed by atoms with van der Waals surface area (Å²) in [4.78, 5) is 21.4. The Hall–Kier alpha value is -3.02. The van der Waals surface area contributed by atoms with Gasteiger partial charge in [0.2, 0.25) is 5.91 Å². The number of benzene rings is 2. The molecule has 1 atom stereocenters. The first-order valence-corrected chi connectivity index (χ1v) is 13.7. The summed E-state index contributed by atoms with van der Waals surface area (Å²) in [5.41, 5.74) is 6.34. The predicted molar refractivity (Wildman–Crippen MR) is 142 cm³/mol. The number of anilines is 3. The van der Waals surface area contributed by atoms with E-state index in [0.29, 0.717) is 12.0 Å². The molecule has 2 aliphatic carbocycles. The number of hydrogen-bond acceptors (Lipinski definition) is 4. The van der Waals surface area contributed by atoms with E-state index >= 15 is 0 Å². The average molecular weight is 470 g/mol. The smallest absolute Gasteiger partial charge is 0.247 e. The van der Waals surface area contributed by atoms with Crippen LogP contribution < -0.4 is 15.5 Å². The zero-order valence-electron chi connectivity index (χ0n) is 20.4. The first-order chi connectivity index (χ1) is 17.2. The molecule has 2 aromatic carbocycles. The summed E-state index contributed by atoms with van der Waals surface area (Å²) in [6.45, 7) is 2.23. The standard InChI is InChI=1S/C29H35N5O/c35-29-27(16-19-6-2-1-3-7-19)34-26-13-11-22(33-14-4-5-15-33)18-25(26)31-28(34)23-17-21(30-20-8-9-20)10-12-24(23)32-29/h10-13,17-20,27,30H,1-9,14-16H2,(H,32,35). The summed E-state index contributed by atoms with van der Waals surface area (Å²) in [7, 11) is 0. The van der Waals surface area contributed by atoms with Crippen LogP contribution in [0.4, 0.5) is 17.1 Å². The highest BCUT2D eigenvalue weighted by molar-refractivity contribution is 6.02. The fourth-order valence-electron chi connectivity index (χ4n) is 6.44. The third-order valence-electron chi connectivity index (χ3n) is 8.51. The molecule has 3 fully saturated rings. The molecule has 1 unspecified atom stereocenters. The zero-order chi connectivity index (χ0) is 23.4. The van der Waals surface area contributed by atoms with Crippen molar-refractivity contribution in [3.8, 4) is 11.4 Å². The molecule has 0 bridgehead atoms. The molecule has 1 amide bonds. The van der Waals surface area contributed by atoms with Crippen LogP contribution >= 0.6 is 0 Å². The van der Waals surface area contributed by atoms with Crippen LogP contribution in [0.5, 0.6) is 0 Å². The largest absolute Gasteiger partial charge is 0.382 e. The van der Waals surface area contributed by atoms with Gasteiger partial charge in [0, 0.05) is 36.1 Å². The van der Waals surface area contributed by atoms with Crippen molar-refractivity contribution in [2.24, 2.45) is 5.92 Å². The second-order valence-corrected chi connectivity index (χ2v) is 11.1. The quantitative estimate of drug-likeness (QED) is 0.458. The van der Waals surface area contributed by atoms with Gasteiger partial charge in [0.15, 0.2) is 0 Å². The van der Waals surface area contributed by atoms with Gasteiger partial charge in [-0.15, -0.1) is 0 Å². The second-order valence-electron chi connectivity index (χ2n) is 11.1. The fourth-order valence-corrected chi connectivity index (χ4v) is 6.44. The van der Waals surface area contributed by atoms with Crippen molar-refractivity contribution in [1.29, 1.82) is 0 Å². The summed E-state index contributed by atoms with van der Waals surface area (Å²) in [6.07, 6.45) is 12.2. The molecule has 35 heavy (non-hydrogen) atoms. The Morgan fingerprint density at radius 3 is 2.57 bits per heavy atom. The maximum atomic E-state index is 13.7. The lowest BCUT2D eigenvalue weighted by Gasteiger charge is -2.27. The Morgan fingerprint density at radius 1 is 0.943 bits per heavy atom. The van der Waals surface area contributed by atoms with E-state index < -0.39 is 0 Å². The van der Waals surface area contributed by atoms with Crippen molar-refractivity contribution in [3.05, 3.63) is 36.4 Å². The third-order valence-corrected chi connectivity index (χ3v) is 8.51. The van der Waals surface area contributed by atoms with Crippen LogP contribution in [0, 0.1) is 5.92 Å². The summed E-state index contributed by atoms with van der Waals surface area (Å²) >= 11 is 0. The highest BCUT2D eigenvalue weighted by atomic mass is 16.2. The fraction of sp³-hybridized carbons (Fsp3) is 0.517. The van der Waals surface area contributed by atoms with Crippen LogP contribution in [-0.4, -0.2) is 34.6 Å². The maximum Gasteiger partial charge on any atom is 0.247 e. The van der Waals surface area contributed by atoms with E-state index in [9.17, 15) is 4.79 Å². The number of nitrogens with one attached hydrogen (secondary N) is 2. The van der Waals surface area contributed by atoms with Gasteiger partial charge < -0.3 is 20.1 Å². The Balaban J connectivity index is 1.36. The molecule has 1 saturated heterocycles. The van der Waals surface area contributed by atoms with Crippen molar-refractivity contribution in [2.45, 2.75) is 76.3 Å². The van der Waals surface area contributed by atoms with E-state index in [2.05, 4.69) is 56.5 Å². The van der Waals surface area contributed by atoms with Gasteiger partial charge in [0.1, 0.15) is 11.9 Å². The van der Waals surface area contributed by atoms with Crippen molar-refractivity contribution >= 4 is 34.0 Å². The number of fused-ring (bicyclic) bond motifs is 5. The third kappa shape index (κ3) is 3.97. The van der Waals surface area contributed by atoms with E-state index in [1.54, 1.807) is 0 Å². The SMILES string of the molecule is O=C1Nc2ccc(NC3CC3)cc2-c2nc3cc(N4CCCC4)ccc3n2C1CC1CCCCC1. The first kappa shape index (κ1) is 21.3. The number of carbonyl (C=O) groups excluding carboxylic acids is 1. The second kappa shape index (κ2) is 8.58. The minimum Gasteiger partial charge on any atom is -0.382 e. The Morgan fingerprint density at radius 2 is 1.77 bits per heavy atom. The predicted octanol–water partition coefficient (Wildman–Crippen LogP) is 6.34. The van der Waals surface area contributed by atoms with Crippen LogP contribution in [0.25, 0.3) is 22.4 Å². The van der Waals surface area contributed by atoms with Gasteiger partial charge in [-0.05, 0) is 74.4 Å². The summed E-state index contributed by atoms with van der Waals surface area (Å²) in [5, 5.41) is 6.91. The van der Waals surface area contributed by atoms with E-state index in [1.807, 2.05) is 0 Å². The molecule has 7 rings (SSSR count). The summed E-state index contributed by atoms with van der Waals surface area (Å²) in [5.74, 6) is 1.62. The van der Waals surface area contributed by atoms with E-state index in [4.69, 9.17) is 4.98 Å². The molecule has 2 aliphatic heterocycles. The summed E-state index contributed by atoms with van der Waals surface area (Å²) < 4.78 is 2.26. The molecule has 2 N–H and O–H groups in total. The summed E-state index contributed by atoms with van der Waals surface area (Å²) in [6, 6.07) is 13.4. The zero-order valence-corrected chi connectivity index (χ0v) is 20.4. The van der Waals surface area contributed by atoms with Gasteiger partial charge in [-0.3, -0.25) is 4.79 Å². The number of carbonyl (C=O) groups is 1. The molecular formula is C29H35N5O. The number of nitrogens with zero attached hydrogens (tertiary/aromatic N) is 3. The van der Waals surface area contributed by atoms with E-state index in [0.717, 1.165) is 53.3 Å². The van der Waals surface area contributed by atoms with Gasteiger partial charge in [-0.1, -0.05) is 32.1 Å². The van der Waals surface area contributed by atoms with Crippen LogP contribution in [0.1, 0.15) is 70.3 Å². The number of hydrogen-bond donors (Lipinski definition) is 2. The average Bonchev–Trinajstić information content (AvgIpc) is 3.39. The van der Waals surface area contributed by atoms with Gasteiger partial charge in [0.25, 0.3) is 0 Å². The minimum atomic E-state index is -0.233. The number of amides is 1. The molecule has 6 nitrogen and oxygen atoms in total. The lowest BCUT2D eigenvalue weighted by Crippen LogP contribution is -2.27. The van der Waals surface area contributed by atoms with Gasteiger partial charge in [-0.25, -0.2) is 4.98 Å². The number of aromatic nitrogens is 2. The van der Waals surface area contributed by atoms with Crippen molar-refractivity contribution in [3.63, 3.8) is 0 Å². The molecule has 1 aromatic heterocycles. The molecule has 0 radical (unpaired) electrons. The molecule has 6 heteroatoms. The topological polar surface area (TPSA) is 62.2 Å². The number of imidazole rings is 1. The molecule has 182 valence electrons. The molecular weight excluding hydrogens is 434 g/mol. The lowest BCUT2D eigenvalue weighted by atomic mass is 9.84. The lowest BCUT2D eigenvalue weighted by molar-refractivity contribution is -0.119. The first-order valence-electron chi connectivity index (χ1n) is 13.7. The monoisotopic (exact) mass is 469 g/mol. The molecule has 4 aliphatic rings. The van der Waals surface area contributed by atoms with Crippen molar-refractivity contribution in [2.75, 3.05) is 28.6 Å². The van der Waals surface area contributed by atoms with Gasteiger partial charge >= 0.3 is 0 Å². The molecule has 2 saturated carbocycles. The van der Waals surface area contributed by atoms with Gasteiger partial charge in [-0.2, -0.15) is 0 Å². The van der Waals surface area contributed by atoms with Crippen LogP contribution in [0.15, 0.2) is 36.4 Å². The highest BCUT2D eigenvalue weighted by Crippen LogP contribution is 2.42. The van der Waals surface area contributed by atoms with Crippen LogP contribution in [0.2, 0.25) is 0 Å². The Labute approximate surface area is 207 Å². The van der Waals surface area contributed by atoms with Crippen LogP contribution in [-0.2, 0) is 4.79 Å². The van der Waals surface area contributed by atoms with E-state index in [1.165, 1.54) is 63.5 Å². The van der Waals surface area contributed by atoms with Crippen molar-refractivity contribution < 1.29 is 4.79 Å². The van der Waals surface area contributed by atoms with E-state index in [-0.39, 0.29) is 11.9 Å². The Kier molecular flexibility index (Phi) is 5.21. The minimum absolute atomic E-state index is 0.0985.